The summed E-state index contributed by atoms with van der Waals surface area (Å²) in [7, 11) is 0. The molecule has 0 spiro atoms. The zero-order valence-electron chi connectivity index (χ0n) is 14.0. The average Bonchev–Trinajstić information content (AvgIpc) is 2.60. The molecule has 3 heterocycles. The third-order valence-electron chi connectivity index (χ3n) is 4.54. The van der Waals surface area contributed by atoms with E-state index in [1.165, 1.54) is 0 Å². The standard InChI is InChI=1S/C17H17F4N5/c1-10-2-5-26-14-8-11(17(19,20)21)12(18)9-13(14)24-15(16(26)23-10)25-6-3-22-4-7-25/h2,5,8-10,22H,3-4,6-7H2,1H3. The van der Waals surface area contributed by atoms with E-state index >= 15 is 0 Å². The van der Waals surface area contributed by atoms with Crippen molar-refractivity contribution in [3.8, 4) is 0 Å². The van der Waals surface area contributed by atoms with E-state index in [1.54, 1.807) is 17.2 Å². The SMILES string of the molecule is CC1C=CN2C(=N1)C(N1CCNCC1)=Nc1cc(F)c(C(F)(F)F)cc12. The number of nitrogens with one attached hydrogen (secondary N) is 1. The van der Waals surface area contributed by atoms with E-state index < -0.39 is 17.6 Å². The maximum atomic E-state index is 14.0. The van der Waals surface area contributed by atoms with Crippen molar-refractivity contribution in [2.45, 2.75) is 19.1 Å². The number of hydrogen-bond donors (Lipinski definition) is 1. The van der Waals surface area contributed by atoms with Gasteiger partial charge in [-0.1, -0.05) is 0 Å². The van der Waals surface area contributed by atoms with Crippen LogP contribution in [0.4, 0.5) is 28.9 Å². The van der Waals surface area contributed by atoms with Crippen molar-refractivity contribution < 1.29 is 17.6 Å². The van der Waals surface area contributed by atoms with Crippen LogP contribution in [0.3, 0.4) is 0 Å². The van der Waals surface area contributed by atoms with E-state index in [1.807, 2.05) is 11.8 Å². The van der Waals surface area contributed by atoms with Crippen molar-refractivity contribution in [1.82, 2.24) is 10.2 Å². The monoisotopic (exact) mass is 367 g/mol. The fraction of sp³-hybridized carbons (Fsp3) is 0.412. The minimum Gasteiger partial charge on any atom is -0.351 e. The lowest BCUT2D eigenvalue weighted by Crippen LogP contribution is -2.53. The van der Waals surface area contributed by atoms with Gasteiger partial charge in [-0.3, -0.25) is 9.89 Å². The van der Waals surface area contributed by atoms with Gasteiger partial charge in [-0.25, -0.2) is 9.38 Å². The lowest BCUT2D eigenvalue weighted by molar-refractivity contribution is -0.139. The topological polar surface area (TPSA) is 43.2 Å². The number of fused-ring (bicyclic) bond motifs is 3. The van der Waals surface area contributed by atoms with Crippen molar-refractivity contribution in [2.75, 3.05) is 31.1 Å². The first-order valence-electron chi connectivity index (χ1n) is 8.35. The average molecular weight is 367 g/mol. The lowest BCUT2D eigenvalue weighted by Gasteiger charge is -2.38. The zero-order valence-corrected chi connectivity index (χ0v) is 14.0. The number of amidine groups is 2. The summed E-state index contributed by atoms with van der Waals surface area (Å²) in [4.78, 5) is 12.6. The molecular weight excluding hydrogens is 350 g/mol. The molecule has 1 saturated heterocycles. The number of benzene rings is 1. The third-order valence-corrected chi connectivity index (χ3v) is 4.54. The summed E-state index contributed by atoms with van der Waals surface area (Å²) in [5.41, 5.74) is -0.954. The van der Waals surface area contributed by atoms with Crippen LogP contribution in [-0.2, 0) is 6.18 Å². The number of halogens is 4. The van der Waals surface area contributed by atoms with Crippen LogP contribution in [-0.4, -0.2) is 48.8 Å². The van der Waals surface area contributed by atoms with Gasteiger partial charge in [0.2, 0.25) is 0 Å². The second kappa shape index (κ2) is 6.08. The van der Waals surface area contributed by atoms with Crippen LogP contribution < -0.4 is 10.2 Å². The third kappa shape index (κ3) is 2.86. The molecular formula is C17H17F4N5. The number of alkyl halides is 3. The van der Waals surface area contributed by atoms with Crippen molar-refractivity contribution in [2.24, 2.45) is 9.98 Å². The Labute approximate surface area is 147 Å². The van der Waals surface area contributed by atoms with Crippen LogP contribution in [0, 0.1) is 5.82 Å². The Bertz CT molecular complexity index is 821. The molecule has 1 aromatic rings. The molecule has 1 atom stereocenters. The number of anilines is 1. The molecule has 1 fully saturated rings. The van der Waals surface area contributed by atoms with E-state index in [-0.39, 0.29) is 17.4 Å². The van der Waals surface area contributed by atoms with Gasteiger partial charge < -0.3 is 10.2 Å². The Morgan fingerprint density at radius 3 is 2.58 bits per heavy atom. The predicted octanol–water partition coefficient (Wildman–Crippen LogP) is 2.91. The van der Waals surface area contributed by atoms with Gasteiger partial charge >= 0.3 is 6.18 Å². The van der Waals surface area contributed by atoms with E-state index in [4.69, 9.17) is 0 Å². The quantitative estimate of drug-likeness (QED) is 0.717. The van der Waals surface area contributed by atoms with Crippen LogP contribution in [0.25, 0.3) is 0 Å². The van der Waals surface area contributed by atoms with Crippen LogP contribution in [0.1, 0.15) is 12.5 Å². The molecule has 4 rings (SSSR count). The molecule has 9 heteroatoms. The van der Waals surface area contributed by atoms with Crippen LogP contribution in [0.5, 0.6) is 0 Å². The van der Waals surface area contributed by atoms with Crippen LogP contribution in [0.15, 0.2) is 34.4 Å². The molecule has 3 aliphatic heterocycles. The van der Waals surface area contributed by atoms with Gasteiger partial charge in [0.05, 0.1) is 23.0 Å². The largest absolute Gasteiger partial charge is 0.419 e. The van der Waals surface area contributed by atoms with Gasteiger partial charge in [-0.15, -0.1) is 0 Å². The molecule has 1 unspecified atom stereocenters. The highest BCUT2D eigenvalue weighted by atomic mass is 19.4. The normalized spacial score (nSPS) is 22.6. The van der Waals surface area contributed by atoms with Crippen molar-refractivity contribution in [3.05, 3.63) is 35.8 Å². The Kier molecular flexibility index (Phi) is 3.98. The number of aliphatic imine (C=N–C) groups is 2. The summed E-state index contributed by atoms with van der Waals surface area (Å²) in [6.45, 7) is 4.82. The molecule has 0 bridgehead atoms. The Morgan fingerprint density at radius 1 is 1.15 bits per heavy atom. The molecule has 0 amide bonds. The first-order valence-corrected chi connectivity index (χ1v) is 8.35. The number of hydrogen-bond acceptors (Lipinski definition) is 5. The fourth-order valence-corrected chi connectivity index (χ4v) is 3.24. The molecule has 0 radical (unpaired) electrons. The van der Waals surface area contributed by atoms with Crippen molar-refractivity contribution in [3.63, 3.8) is 0 Å². The van der Waals surface area contributed by atoms with E-state index in [0.717, 1.165) is 25.2 Å². The fourth-order valence-electron chi connectivity index (χ4n) is 3.24. The highest BCUT2D eigenvalue weighted by molar-refractivity contribution is 6.47. The number of piperazine rings is 1. The maximum Gasteiger partial charge on any atom is 0.419 e. The molecule has 138 valence electrons. The maximum absolute atomic E-state index is 14.0. The van der Waals surface area contributed by atoms with Crippen LogP contribution in [0.2, 0.25) is 0 Å². The Hall–Kier alpha value is -2.42. The molecule has 1 N–H and O–H groups in total. The smallest absolute Gasteiger partial charge is 0.351 e. The molecule has 3 aliphatic rings. The summed E-state index contributed by atoms with van der Waals surface area (Å²) in [5.74, 6) is -0.266. The molecule has 0 aliphatic carbocycles. The lowest BCUT2D eigenvalue weighted by atomic mass is 10.1. The second-order valence-electron chi connectivity index (χ2n) is 6.40. The van der Waals surface area contributed by atoms with E-state index in [0.29, 0.717) is 24.8 Å². The van der Waals surface area contributed by atoms with E-state index in [9.17, 15) is 17.6 Å². The second-order valence-corrected chi connectivity index (χ2v) is 6.40. The van der Waals surface area contributed by atoms with E-state index in [2.05, 4.69) is 15.3 Å². The molecule has 1 aromatic carbocycles. The van der Waals surface area contributed by atoms with Crippen molar-refractivity contribution >= 4 is 23.0 Å². The summed E-state index contributed by atoms with van der Waals surface area (Å²) in [5, 5.41) is 3.24. The highest BCUT2D eigenvalue weighted by Gasteiger charge is 2.38. The van der Waals surface area contributed by atoms with Gasteiger partial charge in [0.25, 0.3) is 0 Å². The number of nitrogens with zero attached hydrogens (tertiary/aromatic N) is 4. The Balaban J connectivity index is 1.87. The predicted molar refractivity (Wildman–Crippen MR) is 91.5 cm³/mol. The van der Waals surface area contributed by atoms with Gasteiger partial charge in [0.1, 0.15) is 5.82 Å². The van der Waals surface area contributed by atoms with Gasteiger partial charge in [0.15, 0.2) is 11.7 Å². The summed E-state index contributed by atoms with van der Waals surface area (Å²) in [6, 6.07) is 1.54. The molecule has 0 aromatic heterocycles. The summed E-state index contributed by atoms with van der Waals surface area (Å²) < 4.78 is 53.4. The molecule has 0 saturated carbocycles. The minimum atomic E-state index is -4.77. The van der Waals surface area contributed by atoms with Gasteiger partial charge in [-0.05, 0) is 19.1 Å². The summed E-state index contributed by atoms with van der Waals surface area (Å²) >= 11 is 0. The highest BCUT2D eigenvalue weighted by Crippen LogP contribution is 2.41. The first kappa shape index (κ1) is 17.0. The summed E-state index contributed by atoms with van der Waals surface area (Å²) in [6.07, 6.45) is -1.31. The first-order chi connectivity index (χ1) is 12.3. The van der Waals surface area contributed by atoms with Gasteiger partial charge in [0, 0.05) is 38.4 Å². The van der Waals surface area contributed by atoms with Crippen molar-refractivity contribution in [1.29, 1.82) is 0 Å². The van der Waals surface area contributed by atoms with Gasteiger partial charge in [-0.2, -0.15) is 13.2 Å². The zero-order chi connectivity index (χ0) is 18.5. The van der Waals surface area contributed by atoms with Crippen LogP contribution >= 0.6 is 0 Å². The minimum absolute atomic E-state index is 0.113. The number of rotatable bonds is 0. The molecule has 26 heavy (non-hydrogen) atoms. The Morgan fingerprint density at radius 2 is 1.88 bits per heavy atom. The molecule has 5 nitrogen and oxygen atoms in total.